The molecule has 0 spiro atoms. The number of hydrogen-bond donors (Lipinski definition) is 0. The van der Waals surface area contributed by atoms with Gasteiger partial charge in [0.25, 0.3) is 0 Å². The van der Waals surface area contributed by atoms with E-state index in [1.807, 2.05) is 32.9 Å². The van der Waals surface area contributed by atoms with Gasteiger partial charge in [-0.3, -0.25) is 0 Å². The number of rotatable bonds is 3. The number of hydrogen-bond acceptors (Lipinski definition) is 4. The minimum atomic E-state index is -3.90. The summed E-state index contributed by atoms with van der Waals surface area (Å²) < 4.78 is 24.0. The van der Waals surface area contributed by atoms with Crippen molar-refractivity contribution in [2.24, 2.45) is 0 Å². The zero-order chi connectivity index (χ0) is 15.5. The number of aryl methyl sites for hydroxylation is 2. The molecule has 0 aliphatic carbocycles. The highest BCUT2D eigenvalue weighted by Crippen LogP contribution is 2.20. The molecule has 5 heteroatoms. The van der Waals surface area contributed by atoms with E-state index >= 15 is 0 Å². The van der Waals surface area contributed by atoms with Gasteiger partial charge < -0.3 is 0 Å². The quantitative estimate of drug-likeness (QED) is 0.801. The Labute approximate surface area is 119 Å². The van der Waals surface area contributed by atoms with Crippen LogP contribution >= 0.6 is 0 Å². The van der Waals surface area contributed by atoms with Gasteiger partial charge in [0.1, 0.15) is 11.0 Å². The molecule has 1 rings (SSSR count). The summed E-state index contributed by atoms with van der Waals surface area (Å²) in [6, 6.07) is 6.99. The lowest BCUT2D eigenvalue weighted by molar-refractivity contribution is 0.599. The van der Waals surface area contributed by atoms with Crippen molar-refractivity contribution in [1.29, 1.82) is 10.5 Å². The van der Waals surface area contributed by atoms with E-state index in [4.69, 9.17) is 10.5 Å². The molecular formula is C15H16N2O2S. The maximum atomic E-state index is 12.0. The van der Waals surface area contributed by atoms with Gasteiger partial charge >= 0.3 is 0 Å². The summed E-state index contributed by atoms with van der Waals surface area (Å²) in [5.41, 5.74) is 3.84. The molecule has 20 heavy (non-hydrogen) atoms. The molecule has 0 aromatic heterocycles. The average molecular weight is 288 g/mol. The van der Waals surface area contributed by atoms with Gasteiger partial charge in [0.15, 0.2) is 5.25 Å². The fourth-order valence-electron chi connectivity index (χ4n) is 1.74. The van der Waals surface area contributed by atoms with Crippen molar-refractivity contribution in [3.05, 3.63) is 39.3 Å². The zero-order valence-corrected chi connectivity index (χ0v) is 12.7. The van der Waals surface area contributed by atoms with Crippen molar-refractivity contribution >= 4 is 15.9 Å². The molecule has 0 bridgehead atoms. The Morgan fingerprint density at radius 2 is 1.70 bits per heavy atom. The number of sulfone groups is 1. The first-order valence-corrected chi connectivity index (χ1v) is 7.61. The van der Waals surface area contributed by atoms with Crippen LogP contribution in [0.15, 0.2) is 17.0 Å². The summed E-state index contributed by atoms with van der Waals surface area (Å²) >= 11 is 0. The lowest BCUT2D eigenvalue weighted by Gasteiger charge is -2.08. The molecule has 0 radical (unpaired) electrons. The minimum Gasteiger partial charge on any atom is -0.222 e. The standard InChI is InChI=1S/C15H16N2O2S/c1-10-5-14(6-11(2)13(10)4)7-15(9-17)20(18,19)12(3)8-16/h5-7,12H,1-4H3/b15-7+. The average Bonchev–Trinajstić information content (AvgIpc) is 2.40. The molecule has 104 valence electrons. The van der Waals surface area contributed by atoms with Gasteiger partial charge in [0.05, 0.1) is 6.07 Å². The second kappa shape index (κ2) is 5.90. The molecule has 0 saturated heterocycles. The Kier molecular flexibility index (Phi) is 4.70. The fraction of sp³-hybridized carbons (Fsp3) is 0.333. The summed E-state index contributed by atoms with van der Waals surface area (Å²) in [4.78, 5) is -0.380. The van der Waals surface area contributed by atoms with Gasteiger partial charge in [-0.15, -0.1) is 0 Å². The Morgan fingerprint density at radius 3 is 2.10 bits per heavy atom. The van der Waals surface area contributed by atoms with Crippen molar-refractivity contribution in [3.8, 4) is 12.1 Å². The van der Waals surface area contributed by atoms with Gasteiger partial charge in [-0.25, -0.2) is 8.42 Å². The van der Waals surface area contributed by atoms with Crippen LogP contribution in [0, 0.1) is 43.4 Å². The molecule has 0 aliphatic heterocycles. The van der Waals surface area contributed by atoms with Crippen molar-refractivity contribution in [2.45, 2.75) is 32.9 Å². The first-order chi connectivity index (χ1) is 9.23. The summed E-state index contributed by atoms with van der Waals surface area (Å²) in [6.45, 7) is 7.11. The van der Waals surface area contributed by atoms with E-state index < -0.39 is 15.1 Å². The lowest BCUT2D eigenvalue weighted by Crippen LogP contribution is -2.16. The molecule has 4 nitrogen and oxygen atoms in total. The van der Waals surface area contributed by atoms with E-state index in [1.165, 1.54) is 13.0 Å². The van der Waals surface area contributed by atoms with E-state index in [-0.39, 0.29) is 4.91 Å². The van der Waals surface area contributed by atoms with Crippen LogP contribution in [0.4, 0.5) is 0 Å². The number of benzene rings is 1. The van der Waals surface area contributed by atoms with Gasteiger partial charge in [-0.1, -0.05) is 12.1 Å². The minimum absolute atomic E-state index is 0.380. The molecule has 1 atom stereocenters. The number of allylic oxidation sites excluding steroid dienone is 1. The van der Waals surface area contributed by atoms with Crippen LogP contribution in [0.1, 0.15) is 29.2 Å². The fourth-order valence-corrected chi connectivity index (χ4v) is 2.69. The molecule has 0 aliphatic rings. The summed E-state index contributed by atoms with van der Waals surface area (Å²) in [5.74, 6) is 0. The first kappa shape index (κ1) is 15.9. The topological polar surface area (TPSA) is 81.7 Å². The van der Waals surface area contributed by atoms with Crippen LogP contribution in [-0.4, -0.2) is 13.7 Å². The first-order valence-electron chi connectivity index (χ1n) is 6.07. The zero-order valence-electron chi connectivity index (χ0n) is 11.9. The van der Waals surface area contributed by atoms with Gasteiger partial charge in [-0.05, 0) is 56.0 Å². The van der Waals surface area contributed by atoms with Crippen LogP contribution in [0.2, 0.25) is 0 Å². The number of nitrogens with zero attached hydrogens (tertiary/aromatic N) is 2. The summed E-state index contributed by atoms with van der Waals surface area (Å²) in [6.07, 6.45) is 1.32. The van der Waals surface area contributed by atoms with Crippen LogP contribution in [0.3, 0.4) is 0 Å². The predicted molar refractivity (Wildman–Crippen MR) is 78.2 cm³/mol. The van der Waals surface area contributed by atoms with E-state index in [0.29, 0.717) is 5.56 Å². The Hall–Kier alpha value is -2.11. The predicted octanol–water partition coefficient (Wildman–Crippen LogP) is 2.80. The van der Waals surface area contributed by atoms with Crippen LogP contribution in [0.5, 0.6) is 0 Å². The highest BCUT2D eigenvalue weighted by molar-refractivity contribution is 7.96. The second-order valence-electron chi connectivity index (χ2n) is 4.72. The molecule has 1 unspecified atom stereocenters. The van der Waals surface area contributed by atoms with E-state index in [9.17, 15) is 8.42 Å². The monoisotopic (exact) mass is 288 g/mol. The van der Waals surface area contributed by atoms with E-state index in [2.05, 4.69) is 0 Å². The summed E-state index contributed by atoms with van der Waals surface area (Å²) in [7, 11) is -3.90. The molecular weight excluding hydrogens is 272 g/mol. The van der Waals surface area contributed by atoms with Gasteiger partial charge in [0, 0.05) is 0 Å². The molecule has 0 amide bonds. The molecule has 1 aromatic rings. The maximum Gasteiger partial charge on any atom is 0.204 e. The SMILES string of the molecule is Cc1cc(/C=C(\C#N)S(=O)(=O)C(C)C#N)cc(C)c1C. The van der Waals surface area contributed by atoms with Gasteiger partial charge in [0.2, 0.25) is 9.84 Å². The molecule has 0 N–H and O–H groups in total. The highest BCUT2D eigenvalue weighted by Gasteiger charge is 2.25. The Bertz CT molecular complexity index is 724. The van der Waals surface area contributed by atoms with E-state index in [0.717, 1.165) is 16.7 Å². The lowest BCUT2D eigenvalue weighted by atomic mass is 10.0. The third-order valence-electron chi connectivity index (χ3n) is 3.31. The smallest absolute Gasteiger partial charge is 0.204 e. The van der Waals surface area contributed by atoms with Crippen LogP contribution in [-0.2, 0) is 9.84 Å². The highest BCUT2D eigenvalue weighted by atomic mass is 32.2. The number of nitriles is 2. The molecule has 1 aromatic carbocycles. The molecule has 0 saturated carbocycles. The van der Waals surface area contributed by atoms with Crippen molar-refractivity contribution in [1.82, 2.24) is 0 Å². The van der Waals surface area contributed by atoms with Crippen molar-refractivity contribution in [2.75, 3.05) is 0 Å². The van der Waals surface area contributed by atoms with Crippen molar-refractivity contribution in [3.63, 3.8) is 0 Å². The van der Waals surface area contributed by atoms with Crippen LogP contribution < -0.4 is 0 Å². The van der Waals surface area contributed by atoms with Crippen LogP contribution in [0.25, 0.3) is 6.08 Å². The Morgan fingerprint density at radius 1 is 1.20 bits per heavy atom. The van der Waals surface area contributed by atoms with E-state index in [1.54, 1.807) is 12.1 Å². The van der Waals surface area contributed by atoms with Crippen molar-refractivity contribution < 1.29 is 8.42 Å². The molecule has 0 fully saturated rings. The summed E-state index contributed by atoms with van der Waals surface area (Å²) in [5, 5.41) is 16.6. The second-order valence-corrected chi connectivity index (χ2v) is 6.95. The molecule has 0 heterocycles. The normalized spacial score (nSPS) is 13.4. The van der Waals surface area contributed by atoms with Gasteiger partial charge in [-0.2, -0.15) is 10.5 Å². The Balaban J connectivity index is 3.42. The maximum absolute atomic E-state index is 12.0. The third-order valence-corrected chi connectivity index (χ3v) is 5.17. The third kappa shape index (κ3) is 3.07. The largest absolute Gasteiger partial charge is 0.222 e.